The first-order valence-corrected chi connectivity index (χ1v) is 10.1. The van der Waals surface area contributed by atoms with E-state index in [4.69, 9.17) is 15.5 Å². The van der Waals surface area contributed by atoms with Crippen LogP contribution in [0.25, 0.3) is 22.3 Å². The van der Waals surface area contributed by atoms with Gasteiger partial charge in [-0.05, 0) is 63.6 Å². The molecule has 1 saturated heterocycles. The molecule has 1 unspecified atom stereocenters. The van der Waals surface area contributed by atoms with Gasteiger partial charge in [-0.15, -0.1) is 0 Å². The van der Waals surface area contributed by atoms with Gasteiger partial charge in [-0.1, -0.05) is 0 Å². The van der Waals surface area contributed by atoms with E-state index in [-0.39, 0.29) is 17.7 Å². The SMILES string of the molecule is CC(C)(C)OC(=O)NN1CCC(c2nc(N)nc3ccc(-c4ccc(F)cc4)nc23)C1. The molecule has 1 aliphatic heterocycles. The van der Waals surface area contributed by atoms with Gasteiger partial charge in [-0.25, -0.2) is 29.1 Å². The van der Waals surface area contributed by atoms with E-state index in [1.54, 1.807) is 12.1 Å². The van der Waals surface area contributed by atoms with E-state index in [2.05, 4.69) is 15.4 Å². The number of amides is 1. The summed E-state index contributed by atoms with van der Waals surface area (Å²) >= 11 is 0. The van der Waals surface area contributed by atoms with Crippen molar-refractivity contribution >= 4 is 23.1 Å². The van der Waals surface area contributed by atoms with Crippen LogP contribution in [0.2, 0.25) is 0 Å². The topological polar surface area (TPSA) is 106 Å². The van der Waals surface area contributed by atoms with Crippen LogP contribution in [-0.2, 0) is 4.74 Å². The summed E-state index contributed by atoms with van der Waals surface area (Å²) in [6, 6.07) is 9.84. The van der Waals surface area contributed by atoms with Crippen molar-refractivity contribution in [1.82, 2.24) is 25.4 Å². The molecule has 31 heavy (non-hydrogen) atoms. The summed E-state index contributed by atoms with van der Waals surface area (Å²) in [5.74, 6) is -0.110. The van der Waals surface area contributed by atoms with Crippen LogP contribution in [0.5, 0.6) is 0 Å². The number of halogens is 1. The van der Waals surface area contributed by atoms with Crippen molar-refractivity contribution in [2.45, 2.75) is 38.7 Å². The molecule has 1 atom stereocenters. The van der Waals surface area contributed by atoms with Crippen LogP contribution in [0.1, 0.15) is 38.8 Å². The molecule has 0 bridgehead atoms. The van der Waals surface area contributed by atoms with Crippen LogP contribution in [0.3, 0.4) is 0 Å². The van der Waals surface area contributed by atoms with Gasteiger partial charge in [-0.3, -0.25) is 5.43 Å². The Morgan fingerprint density at radius 2 is 1.90 bits per heavy atom. The third-order valence-corrected chi connectivity index (χ3v) is 4.95. The molecular weight excluding hydrogens is 399 g/mol. The average Bonchev–Trinajstić information content (AvgIpc) is 3.14. The number of nitrogens with two attached hydrogens (primary N) is 1. The highest BCUT2D eigenvalue weighted by atomic mass is 19.1. The standard InChI is InChI=1S/C22H25FN6O2/c1-22(2,3)31-21(30)28-29-11-10-14(12-29)18-19-17(26-20(24)27-18)9-8-16(25-19)13-4-6-15(23)7-5-13/h4-9,14H,10-12H2,1-3H3,(H,28,30)(H2,24,26,27). The number of hydrogen-bond acceptors (Lipinski definition) is 7. The lowest BCUT2D eigenvalue weighted by Gasteiger charge is -2.23. The summed E-state index contributed by atoms with van der Waals surface area (Å²) in [5.41, 5.74) is 11.7. The molecule has 9 heteroatoms. The number of rotatable bonds is 3. The maximum Gasteiger partial charge on any atom is 0.422 e. The predicted octanol–water partition coefficient (Wildman–Crippen LogP) is 3.64. The van der Waals surface area contributed by atoms with Crippen molar-refractivity contribution in [1.29, 1.82) is 0 Å². The number of benzene rings is 1. The van der Waals surface area contributed by atoms with Gasteiger partial charge in [0, 0.05) is 24.6 Å². The van der Waals surface area contributed by atoms with Crippen molar-refractivity contribution in [2.24, 2.45) is 0 Å². The Kier molecular flexibility index (Phi) is 5.45. The first kappa shape index (κ1) is 20.9. The third-order valence-electron chi connectivity index (χ3n) is 4.95. The largest absolute Gasteiger partial charge is 0.443 e. The van der Waals surface area contributed by atoms with Gasteiger partial charge < -0.3 is 10.5 Å². The summed E-state index contributed by atoms with van der Waals surface area (Å²) in [7, 11) is 0. The summed E-state index contributed by atoms with van der Waals surface area (Å²) in [6.45, 7) is 6.65. The number of anilines is 1. The van der Waals surface area contributed by atoms with Crippen LogP contribution in [0.4, 0.5) is 15.1 Å². The summed E-state index contributed by atoms with van der Waals surface area (Å²) in [4.78, 5) is 25.6. The molecular formula is C22H25FN6O2. The molecule has 1 fully saturated rings. The number of pyridine rings is 1. The lowest BCUT2D eigenvalue weighted by molar-refractivity contribution is 0.0364. The van der Waals surface area contributed by atoms with Crippen LogP contribution in [0.15, 0.2) is 36.4 Å². The molecule has 0 spiro atoms. The number of aromatic nitrogens is 3. The molecule has 162 valence electrons. The number of hydrazine groups is 1. The third kappa shape index (κ3) is 4.88. The quantitative estimate of drug-likeness (QED) is 0.661. The second-order valence-electron chi connectivity index (χ2n) is 8.58. The molecule has 3 aromatic rings. The molecule has 3 heterocycles. The molecule has 2 aromatic heterocycles. The number of fused-ring (bicyclic) bond motifs is 1. The van der Waals surface area contributed by atoms with Gasteiger partial charge in [0.1, 0.15) is 16.9 Å². The smallest absolute Gasteiger partial charge is 0.422 e. The van der Waals surface area contributed by atoms with E-state index < -0.39 is 11.7 Å². The van der Waals surface area contributed by atoms with Crippen LogP contribution >= 0.6 is 0 Å². The summed E-state index contributed by atoms with van der Waals surface area (Å²) < 4.78 is 18.6. The first-order valence-electron chi connectivity index (χ1n) is 10.1. The zero-order valence-corrected chi connectivity index (χ0v) is 17.7. The molecule has 0 radical (unpaired) electrons. The number of carbonyl (C=O) groups excluding carboxylic acids is 1. The molecule has 4 rings (SSSR count). The molecule has 8 nitrogen and oxygen atoms in total. The van der Waals surface area contributed by atoms with E-state index in [0.29, 0.717) is 29.8 Å². The summed E-state index contributed by atoms with van der Waals surface area (Å²) in [6.07, 6.45) is 0.279. The lowest BCUT2D eigenvalue weighted by atomic mass is 10.0. The number of hydrogen-bond donors (Lipinski definition) is 2. The van der Waals surface area contributed by atoms with Gasteiger partial charge >= 0.3 is 6.09 Å². The van der Waals surface area contributed by atoms with E-state index in [1.807, 2.05) is 37.9 Å². The van der Waals surface area contributed by atoms with Crippen molar-refractivity contribution in [3.8, 4) is 11.3 Å². The molecule has 0 aliphatic carbocycles. The highest BCUT2D eigenvalue weighted by Gasteiger charge is 2.29. The fraction of sp³-hybridized carbons (Fsp3) is 0.364. The number of carbonyl (C=O) groups is 1. The fourth-order valence-electron chi connectivity index (χ4n) is 3.64. The zero-order chi connectivity index (χ0) is 22.2. The minimum Gasteiger partial charge on any atom is -0.443 e. The Hall–Kier alpha value is -3.33. The van der Waals surface area contributed by atoms with E-state index >= 15 is 0 Å². The second-order valence-corrected chi connectivity index (χ2v) is 8.58. The lowest BCUT2D eigenvalue weighted by Crippen LogP contribution is -2.43. The van der Waals surface area contributed by atoms with E-state index in [9.17, 15) is 9.18 Å². The minimum atomic E-state index is -0.568. The van der Waals surface area contributed by atoms with E-state index in [1.165, 1.54) is 12.1 Å². The molecule has 3 N–H and O–H groups in total. The second kappa shape index (κ2) is 8.07. The molecule has 1 aliphatic rings. The highest BCUT2D eigenvalue weighted by molar-refractivity contribution is 5.81. The Morgan fingerprint density at radius 3 is 2.61 bits per heavy atom. The van der Waals surface area contributed by atoms with Crippen LogP contribution in [0, 0.1) is 5.82 Å². The summed E-state index contributed by atoms with van der Waals surface area (Å²) in [5, 5.41) is 1.81. The predicted molar refractivity (Wildman–Crippen MR) is 115 cm³/mol. The van der Waals surface area contributed by atoms with Crippen molar-refractivity contribution in [2.75, 3.05) is 18.8 Å². The van der Waals surface area contributed by atoms with Gasteiger partial charge in [0.2, 0.25) is 5.95 Å². The maximum absolute atomic E-state index is 13.3. The van der Waals surface area contributed by atoms with Crippen molar-refractivity contribution < 1.29 is 13.9 Å². The Bertz CT molecular complexity index is 1110. The average molecular weight is 424 g/mol. The number of ether oxygens (including phenoxy) is 1. The minimum absolute atomic E-state index is 0.0127. The molecule has 1 amide bonds. The Morgan fingerprint density at radius 1 is 1.16 bits per heavy atom. The van der Waals surface area contributed by atoms with Crippen LogP contribution in [-0.4, -0.2) is 44.7 Å². The fourth-order valence-corrected chi connectivity index (χ4v) is 3.64. The Labute approximate surface area is 179 Å². The van der Waals surface area contributed by atoms with Gasteiger partial charge in [0.25, 0.3) is 0 Å². The zero-order valence-electron chi connectivity index (χ0n) is 17.7. The maximum atomic E-state index is 13.3. The number of nitrogens with one attached hydrogen (secondary N) is 1. The first-order chi connectivity index (χ1) is 14.7. The number of nitrogens with zero attached hydrogens (tertiary/aromatic N) is 4. The van der Waals surface area contributed by atoms with E-state index in [0.717, 1.165) is 17.7 Å². The normalized spacial score (nSPS) is 17.1. The van der Waals surface area contributed by atoms with Gasteiger partial charge in [-0.2, -0.15) is 0 Å². The molecule has 0 saturated carbocycles. The van der Waals surface area contributed by atoms with Crippen molar-refractivity contribution in [3.63, 3.8) is 0 Å². The van der Waals surface area contributed by atoms with Crippen molar-refractivity contribution in [3.05, 3.63) is 47.9 Å². The number of nitrogen functional groups attached to an aromatic ring is 1. The molecule has 1 aromatic carbocycles. The highest BCUT2D eigenvalue weighted by Crippen LogP contribution is 2.31. The van der Waals surface area contributed by atoms with Crippen LogP contribution < -0.4 is 11.2 Å². The van der Waals surface area contributed by atoms with Gasteiger partial charge in [0.05, 0.1) is 16.9 Å². The van der Waals surface area contributed by atoms with Gasteiger partial charge in [0.15, 0.2) is 0 Å². The monoisotopic (exact) mass is 424 g/mol. The Balaban J connectivity index is 1.60.